The lowest BCUT2D eigenvalue weighted by Crippen LogP contribution is -2.37. The zero-order valence-electron chi connectivity index (χ0n) is 7.75. The second-order valence-corrected chi connectivity index (χ2v) is 3.35. The highest BCUT2D eigenvalue weighted by atomic mass is 32.2. The summed E-state index contributed by atoms with van der Waals surface area (Å²) < 4.78 is 0. The van der Waals surface area contributed by atoms with Crippen LogP contribution in [0.25, 0.3) is 0 Å². The highest BCUT2D eigenvalue weighted by Gasteiger charge is 2.14. The molecule has 5 heteroatoms. The Morgan fingerprint density at radius 2 is 2.38 bits per heavy atom. The number of rotatable bonds is 7. The molecule has 0 amide bonds. The summed E-state index contributed by atoms with van der Waals surface area (Å²) in [5.41, 5.74) is 0. The van der Waals surface area contributed by atoms with Crippen LogP contribution in [0.5, 0.6) is 0 Å². The summed E-state index contributed by atoms with van der Waals surface area (Å²) in [7, 11) is 0. The van der Waals surface area contributed by atoms with Crippen LogP contribution in [0.2, 0.25) is 0 Å². The van der Waals surface area contributed by atoms with Gasteiger partial charge in [-0.2, -0.15) is 25.3 Å². The van der Waals surface area contributed by atoms with Gasteiger partial charge in [-0.05, 0) is 18.4 Å². The molecule has 0 aliphatic heterocycles. The fourth-order valence-electron chi connectivity index (χ4n) is 0.774. The highest BCUT2D eigenvalue weighted by molar-refractivity contribution is 7.98. The van der Waals surface area contributed by atoms with Crippen molar-refractivity contribution in [3.8, 4) is 0 Å². The number of hydrogen-bond donors (Lipinski definition) is 2. The molecule has 0 fully saturated rings. The van der Waals surface area contributed by atoms with Crippen molar-refractivity contribution >= 4 is 31.2 Å². The van der Waals surface area contributed by atoms with E-state index in [1.165, 1.54) is 0 Å². The summed E-state index contributed by atoms with van der Waals surface area (Å²) in [5, 5.41) is 11.6. The van der Waals surface area contributed by atoms with Crippen LogP contribution < -0.4 is 5.32 Å². The lowest BCUT2D eigenvalue weighted by atomic mass is 10.2. The molecule has 2 N–H and O–H groups in total. The maximum Gasteiger partial charge on any atom is 0.320 e. The van der Waals surface area contributed by atoms with Gasteiger partial charge in [-0.3, -0.25) is 4.79 Å². The fourth-order valence-corrected chi connectivity index (χ4v) is 1.25. The number of hydrogen-bond acceptors (Lipinski definition) is 3. The number of nitrogens with one attached hydrogen (secondary N) is 1. The molecule has 0 heterocycles. The van der Waals surface area contributed by atoms with Crippen LogP contribution in [0.1, 0.15) is 6.42 Å². The van der Waals surface area contributed by atoms with Crippen LogP contribution in [-0.2, 0) is 4.79 Å². The Morgan fingerprint density at radius 3 is 2.77 bits per heavy atom. The van der Waals surface area contributed by atoms with Crippen molar-refractivity contribution in [1.82, 2.24) is 5.32 Å². The smallest absolute Gasteiger partial charge is 0.320 e. The molecule has 0 aliphatic rings. The molecular weight excluding hydrogens is 206 g/mol. The van der Waals surface area contributed by atoms with E-state index in [2.05, 4.69) is 11.9 Å². The molecule has 0 radical (unpaired) electrons. The average Bonchev–Trinajstić information content (AvgIpc) is 2.04. The monoisotopic (exact) mass is 223 g/mol. The van der Waals surface area contributed by atoms with Crippen molar-refractivity contribution in [2.75, 3.05) is 18.6 Å². The van der Waals surface area contributed by atoms with E-state index in [9.17, 15) is 4.79 Å². The molecule has 0 saturated heterocycles. The van der Waals surface area contributed by atoms with Crippen LogP contribution in [0, 0.1) is 0 Å². The SMILES string of the molecule is C=CCNC(CCSC)C(=O)O.S. The molecule has 0 spiro atoms. The summed E-state index contributed by atoms with van der Waals surface area (Å²) in [6.07, 6.45) is 4.28. The first kappa shape index (κ1) is 15.3. The summed E-state index contributed by atoms with van der Waals surface area (Å²) in [5.74, 6) is 0.0760. The highest BCUT2D eigenvalue weighted by Crippen LogP contribution is 2.00. The maximum absolute atomic E-state index is 10.6. The van der Waals surface area contributed by atoms with Crippen LogP contribution >= 0.6 is 25.3 Å². The predicted molar refractivity (Wildman–Crippen MR) is 63.0 cm³/mol. The molecule has 0 aromatic heterocycles. The van der Waals surface area contributed by atoms with Crippen LogP contribution in [0.15, 0.2) is 12.7 Å². The van der Waals surface area contributed by atoms with Crippen molar-refractivity contribution in [3.63, 3.8) is 0 Å². The summed E-state index contributed by atoms with van der Waals surface area (Å²) in [6.45, 7) is 4.06. The third kappa shape index (κ3) is 8.21. The van der Waals surface area contributed by atoms with E-state index < -0.39 is 12.0 Å². The van der Waals surface area contributed by atoms with Gasteiger partial charge in [0.2, 0.25) is 0 Å². The number of thioether (sulfide) groups is 1. The van der Waals surface area contributed by atoms with E-state index in [1.807, 2.05) is 6.26 Å². The summed E-state index contributed by atoms with van der Waals surface area (Å²) in [6, 6.07) is -0.435. The molecule has 3 nitrogen and oxygen atoms in total. The van der Waals surface area contributed by atoms with Crippen LogP contribution in [0.3, 0.4) is 0 Å². The van der Waals surface area contributed by atoms with Gasteiger partial charge in [0.05, 0.1) is 0 Å². The lowest BCUT2D eigenvalue weighted by molar-refractivity contribution is -0.139. The number of aliphatic carboxylic acids is 1. The Bertz CT molecular complexity index is 153. The van der Waals surface area contributed by atoms with Gasteiger partial charge in [0.15, 0.2) is 0 Å². The molecule has 0 aromatic rings. The third-order valence-corrected chi connectivity index (χ3v) is 2.06. The van der Waals surface area contributed by atoms with E-state index in [1.54, 1.807) is 17.8 Å². The Morgan fingerprint density at radius 1 is 1.77 bits per heavy atom. The minimum atomic E-state index is -0.786. The largest absolute Gasteiger partial charge is 0.480 e. The molecule has 0 bridgehead atoms. The minimum absolute atomic E-state index is 0. The normalized spacial score (nSPS) is 11.5. The van der Waals surface area contributed by atoms with Crippen molar-refractivity contribution < 1.29 is 9.90 Å². The molecular formula is C8H17NO2S2. The standard InChI is InChI=1S/C8H15NO2S.H2S/c1-3-5-9-7(8(10)11)4-6-12-2;/h3,7,9H,1,4-6H2,2H3,(H,10,11);1H2. The quantitative estimate of drug-likeness (QED) is 0.634. The Kier molecular flexibility index (Phi) is 11.8. The summed E-state index contributed by atoms with van der Waals surface area (Å²) >= 11 is 1.65. The van der Waals surface area contributed by atoms with Crippen molar-refractivity contribution in [2.24, 2.45) is 0 Å². The van der Waals surface area contributed by atoms with E-state index in [0.29, 0.717) is 13.0 Å². The first-order valence-corrected chi connectivity index (χ1v) is 5.17. The maximum atomic E-state index is 10.6. The van der Waals surface area contributed by atoms with Gasteiger partial charge in [0, 0.05) is 6.54 Å². The molecule has 78 valence electrons. The van der Waals surface area contributed by atoms with Crippen molar-refractivity contribution in [2.45, 2.75) is 12.5 Å². The topological polar surface area (TPSA) is 49.3 Å². The lowest BCUT2D eigenvalue weighted by Gasteiger charge is -2.11. The molecule has 13 heavy (non-hydrogen) atoms. The van der Waals surface area contributed by atoms with Gasteiger partial charge in [0.25, 0.3) is 0 Å². The van der Waals surface area contributed by atoms with Gasteiger partial charge < -0.3 is 10.4 Å². The molecule has 0 aromatic carbocycles. The van der Waals surface area contributed by atoms with Gasteiger partial charge in [0.1, 0.15) is 6.04 Å². The summed E-state index contributed by atoms with van der Waals surface area (Å²) in [4.78, 5) is 10.6. The van der Waals surface area contributed by atoms with E-state index in [4.69, 9.17) is 5.11 Å². The average molecular weight is 223 g/mol. The van der Waals surface area contributed by atoms with Gasteiger partial charge >= 0.3 is 5.97 Å². The predicted octanol–water partition coefficient (Wildman–Crippen LogP) is 1.08. The number of carbonyl (C=O) groups is 1. The van der Waals surface area contributed by atoms with Gasteiger partial charge in [-0.15, -0.1) is 6.58 Å². The van der Waals surface area contributed by atoms with E-state index >= 15 is 0 Å². The molecule has 0 aliphatic carbocycles. The zero-order chi connectivity index (χ0) is 9.40. The number of carboxylic acids is 1. The molecule has 1 unspecified atom stereocenters. The van der Waals surface area contributed by atoms with Crippen LogP contribution in [-0.4, -0.2) is 35.7 Å². The van der Waals surface area contributed by atoms with Gasteiger partial charge in [-0.1, -0.05) is 6.08 Å². The molecule has 1 atom stereocenters. The zero-order valence-corrected chi connectivity index (χ0v) is 9.56. The fraction of sp³-hybridized carbons (Fsp3) is 0.625. The second-order valence-electron chi connectivity index (χ2n) is 2.37. The third-order valence-electron chi connectivity index (χ3n) is 1.42. The molecule has 0 saturated carbocycles. The number of carboxylic acid groups (broad SMARTS) is 1. The van der Waals surface area contributed by atoms with E-state index in [0.717, 1.165) is 5.75 Å². The van der Waals surface area contributed by atoms with Crippen LogP contribution in [0.4, 0.5) is 0 Å². The Labute approximate surface area is 90.4 Å². The molecule has 0 rings (SSSR count). The van der Waals surface area contributed by atoms with Crippen molar-refractivity contribution in [3.05, 3.63) is 12.7 Å². The second kappa shape index (κ2) is 9.95. The Hall–Kier alpha value is -0.130. The van der Waals surface area contributed by atoms with Gasteiger partial charge in [-0.25, -0.2) is 0 Å². The van der Waals surface area contributed by atoms with E-state index in [-0.39, 0.29) is 13.5 Å². The van der Waals surface area contributed by atoms with Crippen molar-refractivity contribution in [1.29, 1.82) is 0 Å². The Balaban J connectivity index is 0. The minimum Gasteiger partial charge on any atom is -0.480 e. The first-order valence-electron chi connectivity index (χ1n) is 3.78. The first-order chi connectivity index (χ1) is 5.72.